The predicted octanol–water partition coefficient (Wildman–Crippen LogP) is 2.07. The molecule has 0 aliphatic carbocycles. The van der Waals surface area contributed by atoms with Crippen molar-refractivity contribution < 1.29 is 14.3 Å². The van der Waals surface area contributed by atoms with E-state index in [0.717, 1.165) is 0 Å². The van der Waals surface area contributed by atoms with Gasteiger partial charge in [-0.1, -0.05) is 11.6 Å². The van der Waals surface area contributed by atoms with Gasteiger partial charge in [0.1, 0.15) is 5.75 Å². The molecule has 1 saturated heterocycles. The number of ether oxygens (including phenoxy) is 2. The maximum atomic E-state index is 12.3. The van der Waals surface area contributed by atoms with Crippen LogP contribution in [-0.4, -0.2) is 26.1 Å². The first-order valence-corrected chi connectivity index (χ1v) is 5.38. The molecule has 88 valence electrons. The lowest BCUT2D eigenvalue weighted by molar-refractivity contribution is -0.0567. The average Bonchev–Trinajstić information content (AvgIpc) is 2.28. The number of hydrogen-bond acceptors (Lipinski definition) is 4. The first-order valence-electron chi connectivity index (χ1n) is 5.00. The highest BCUT2D eigenvalue weighted by molar-refractivity contribution is 6.31. The summed E-state index contributed by atoms with van der Waals surface area (Å²) in [4.78, 5) is 12.3. The zero-order valence-corrected chi connectivity index (χ0v) is 9.95. The van der Waals surface area contributed by atoms with Crippen molar-refractivity contribution in [3.63, 3.8) is 0 Å². The number of ketones is 1. The number of nitrogens with zero attached hydrogens (tertiary/aromatic N) is 1. The van der Waals surface area contributed by atoms with Gasteiger partial charge in [0.25, 0.3) is 0 Å². The molecule has 0 saturated carbocycles. The summed E-state index contributed by atoms with van der Waals surface area (Å²) in [6, 6.07) is 6.77. The molecule has 4 nitrogen and oxygen atoms in total. The Morgan fingerprint density at radius 3 is 2.76 bits per heavy atom. The maximum Gasteiger partial charge on any atom is 0.191 e. The lowest BCUT2D eigenvalue weighted by Crippen LogP contribution is -2.48. The molecule has 17 heavy (non-hydrogen) atoms. The van der Waals surface area contributed by atoms with E-state index in [2.05, 4.69) is 0 Å². The highest BCUT2D eigenvalue weighted by atomic mass is 35.5. The third-order valence-electron chi connectivity index (χ3n) is 2.75. The fourth-order valence-electron chi connectivity index (χ4n) is 1.67. The van der Waals surface area contributed by atoms with Gasteiger partial charge in [-0.15, -0.1) is 0 Å². The normalized spacial score (nSPS) is 16.8. The van der Waals surface area contributed by atoms with Crippen LogP contribution >= 0.6 is 11.6 Å². The Morgan fingerprint density at radius 2 is 2.29 bits per heavy atom. The Labute approximate surface area is 104 Å². The minimum Gasteiger partial charge on any atom is -0.496 e. The van der Waals surface area contributed by atoms with Crippen LogP contribution in [-0.2, 0) is 4.74 Å². The quantitative estimate of drug-likeness (QED) is 0.772. The van der Waals surface area contributed by atoms with Gasteiger partial charge in [0, 0.05) is 5.02 Å². The van der Waals surface area contributed by atoms with Gasteiger partial charge in [0.2, 0.25) is 0 Å². The number of halogens is 1. The third-order valence-corrected chi connectivity index (χ3v) is 2.99. The van der Waals surface area contributed by atoms with E-state index in [-0.39, 0.29) is 19.0 Å². The number of benzene rings is 1. The molecule has 0 spiro atoms. The zero-order valence-electron chi connectivity index (χ0n) is 9.20. The summed E-state index contributed by atoms with van der Waals surface area (Å²) in [5.74, 6) is 0.117. The second-order valence-electron chi connectivity index (χ2n) is 3.86. The Bertz CT molecular complexity index is 503. The summed E-state index contributed by atoms with van der Waals surface area (Å²) in [6.45, 7) is 0.246. The molecule has 0 amide bonds. The van der Waals surface area contributed by atoms with E-state index in [1.54, 1.807) is 12.1 Å². The van der Waals surface area contributed by atoms with Gasteiger partial charge in [-0.05, 0) is 18.2 Å². The predicted molar refractivity (Wildman–Crippen MR) is 61.2 cm³/mol. The minimum absolute atomic E-state index is 0.123. The second-order valence-corrected chi connectivity index (χ2v) is 4.30. The lowest BCUT2D eigenvalue weighted by atomic mass is 9.80. The second kappa shape index (κ2) is 4.36. The molecule has 1 aliphatic heterocycles. The molecule has 5 heteroatoms. The zero-order chi connectivity index (χ0) is 12.5. The van der Waals surface area contributed by atoms with Crippen LogP contribution in [0.25, 0.3) is 0 Å². The van der Waals surface area contributed by atoms with Crippen molar-refractivity contribution in [2.24, 2.45) is 5.41 Å². The number of hydrogen-bond donors (Lipinski definition) is 0. The largest absolute Gasteiger partial charge is 0.496 e. The van der Waals surface area contributed by atoms with Gasteiger partial charge in [-0.25, -0.2) is 0 Å². The molecule has 0 bridgehead atoms. The Balaban J connectivity index is 2.43. The Hall–Kier alpha value is -1.57. The van der Waals surface area contributed by atoms with E-state index >= 15 is 0 Å². The summed E-state index contributed by atoms with van der Waals surface area (Å²) in [5, 5.41) is 9.51. The van der Waals surface area contributed by atoms with E-state index in [0.29, 0.717) is 16.3 Å². The maximum absolute atomic E-state index is 12.3. The number of Topliss-reactive ketones (excluding diaryl/α,β-unsaturated/α-hetero) is 1. The lowest BCUT2D eigenvalue weighted by Gasteiger charge is -2.33. The van der Waals surface area contributed by atoms with Crippen LogP contribution in [0.1, 0.15) is 10.4 Å². The highest BCUT2D eigenvalue weighted by Crippen LogP contribution is 2.35. The van der Waals surface area contributed by atoms with Gasteiger partial charge >= 0.3 is 0 Å². The fraction of sp³-hybridized carbons (Fsp3) is 0.333. The first kappa shape index (κ1) is 11.9. The minimum atomic E-state index is -1.09. The SMILES string of the molecule is COc1ccc(Cl)cc1C(=O)C1(C#N)COC1. The van der Waals surface area contributed by atoms with E-state index in [1.165, 1.54) is 13.2 Å². The molecule has 0 unspecified atom stereocenters. The van der Waals surface area contributed by atoms with Crippen molar-refractivity contribution in [2.45, 2.75) is 0 Å². The van der Waals surface area contributed by atoms with Gasteiger partial charge in [-0.2, -0.15) is 5.26 Å². The summed E-state index contributed by atoms with van der Waals surface area (Å²) in [5.41, 5.74) is -0.761. The molecule has 2 rings (SSSR count). The number of nitriles is 1. The monoisotopic (exact) mass is 251 g/mol. The van der Waals surface area contributed by atoms with Gasteiger partial charge in [-0.3, -0.25) is 4.79 Å². The molecular formula is C12H10ClNO3. The molecule has 1 heterocycles. The standard InChI is InChI=1S/C12H10ClNO3/c1-16-10-3-2-8(13)4-9(10)11(15)12(5-14)6-17-7-12/h2-4H,6-7H2,1H3. The van der Waals surface area contributed by atoms with Crippen LogP contribution in [0.2, 0.25) is 5.02 Å². The molecule has 0 N–H and O–H groups in total. The number of methoxy groups -OCH3 is 1. The third kappa shape index (κ3) is 1.88. The van der Waals surface area contributed by atoms with Crippen LogP contribution in [0.3, 0.4) is 0 Å². The Kier molecular flexibility index (Phi) is 3.05. The van der Waals surface area contributed by atoms with Crippen LogP contribution < -0.4 is 4.74 Å². The van der Waals surface area contributed by atoms with Crippen LogP contribution in [0.4, 0.5) is 0 Å². The summed E-state index contributed by atoms with van der Waals surface area (Å²) in [7, 11) is 1.47. The van der Waals surface area contributed by atoms with Crippen LogP contribution in [0.5, 0.6) is 5.75 Å². The van der Waals surface area contributed by atoms with Crippen molar-refractivity contribution in [3.05, 3.63) is 28.8 Å². The van der Waals surface area contributed by atoms with E-state index in [4.69, 9.17) is 26.3 Å². The van der Waals surface area contributed by atoms with Gasteiger partial charge < -0.3 is 9.47 Å². The van der Waals surface area contributed by atoms with Crippen LogP contribution in [0, 0.1) is 16.7 Å². The number of rotatable bonds is 3. The van der Waals surface area contributed by atoms with Crippen molar-refractivity contribution in [2.75, 3.05) is 20.3 Å². The van der Waals surface area contributed by atoms with Crippen LogP contribution in [0.15, 0.2) is 18.2 Å². The molecule has 1 aromatic rings. The van der Waals surface area contributed by atoms with E-state index in [9.17, 15) is 4.79 Å². The van der Waals surface area contributed by atoms with Crippen molar-refractivity contribution >= 4 is 17.4 Å². The molecule has 0 atom stereocenters. The van der Waals surface area contributed by atoms with E-state index in [1.807, 2.05) is 6.07 Å². The Morgan fingerprint density at radius 1 is 1.59 bits per heavy atom. The summed E-state index contributed by atoms with van der Waals surface area (Å²) < 4.78 is 10.1. The molecule has 1 fully saturated rings. The molecule has 1 aliphatic rings. The molecule has 0 aromatic heterocycles. The van der Waals surface area contributed by atoms with Gasteiger partial charge in [0.05, 0.1) is 32.0 Å². The van der Waals surface area contributed by atoms with Crippen molar-refractivity contribution in [1.29, 1.82) is 5.26 Å². The fourth-order valence-corrected chi connectivity index (χ4v) is 1.84. The summed E-state index contributed by atoms with van der Waals surface area (Å²) >= 11 is 5.85. The van der Waals surface area contributed by atoms with Gasteiger partial charge in [0.15, 0.2) is 11.2 Å². The topological polar surface area (TPSA) is 59.3 Å². The van der Waals surface area contributed by atoms with Crippen molar-refractivity contribution in [1.82, 2.24) is 0 Å². The molecule has 1 aromatic carbocycles. The smallest absolute Gasteiger partial charge is 0.191 e. The van der Waals surface area contributed by atoms with Crippen molar-refractivity contribution in [3.8, 4) is 11.8 Å². The van der Waals surface area contributed by atoms with E-state index < -0.39 is 5.41 Å². The average molecular weight is 252 g/mol. The number of carbonyl (C=O) groups excluding carboxylic acids is 1. The molecule has 0 radical (unpaired) electrons. The highest BCUT2D eigenvalue weighted by Gasteiger charge is 2.47. The molecular weight excluding hydrogens is 242 g/mol. The summed E-state index contributed by atoms with van der Waals surface area (Å²) in [6.07, 6.45) is 0. The first-order chi connectivity index (χ1) is 8.13. The number of carbonyl (C=O) groups is 1.